The van der Waals surface area contributed by atoms with Gasteiger partial charge in [-0.2, -0.15) is 0 Å². The van der Waals surface area contributed by atoms with Crippen molar-refractivity contribution in [3.63, 3.8) is 0 Å². The van der Waals surface area contributed by atoms with E-state index in [1.165, 1.54) is 0 Å². The number of rotatable bonds is 10. The second kappa shape index (κ2) is 8.85. The molecule has 0 amide bonds. The fourth-order valence-electron chi connectivity index (χ4n) is 1.69. The van der Waals surface area contributed by atoms with E-state index >= 15 is 0 Å². The zero-order valence-electron chi connectivity index (χ0n) is 11.1. The van der Waals surface area contributed by atoms with Gasteiger partial charge in [-0.05, 0) is 18.6 Å². The van der Waals surface area contributed by atoms with Crippen molar-refractivity contribution in [2.24, 2.45) is 0 Å². The van der Waals surface area contributed by atoms with Crippen LogP contribution in [0.4, 0.5) is 0 Å². The predicted octanol–water partition coefficient (Wildman–Crippen LogP) is 1.58. The third kappa shape index (κ3) is 5.44. The van der Waals surface area contributed by atoms with Crippen LogP contribution in [-0.2, 0) is 16.0 Å². The quantitative estimate of drug-likeness (QED) is 0.469. The molecule has 0 spiro atoms. The third-order valence-corrected chi connectivity index (χ3v) is 2.61. The standard InChI is InChI=1S/C13H21NO4/c1-16-8-3-6-14(7-9-17-2)10-12-4-5-13(11-15)18-12/h4-5,11H,3,6-10H2,1-2H3. The van der Waals surface area contributed by atoms with Crippen molar-refractivity contribution < 1.29 is 18.7 Å². The Bertz CT molecular complexity index is 337. The topological polar surface area (TPSA) is 51.9 Å². The molecule has 1 aromatic heterocycles. The van der Waals surface area contributed by atoms with Crippen LogP contribution in [0.15, 0.2) is 16.5 Å². The Balaban J connectivity index is 2.45. The molecule has 0 aliphatic heterocycles. The largest absolute Gasteiger partial charge is 0.457 e. The highest BCUT2D eigenvalue weighted by Gasteiger charge is 2.09. The van der Waals surface area contributed by atoms with Gasteiger partial charge in [0.05, 0.1) is 13.2 Å². The van der Waals surface area contributed by atoms with E-state index in [2.05, 4.69) is 4.90 Å². The molecule has 0 saturated carbocycles. The van der Waals surface area contributed by atoms with Crippen molar-refractivity contribution in [3.8, 4) is 0 Å². The first-order chi connectivity index (χ1) is 8.80. The van der Waals surface area contributed by atoms with Crippen molar-refractivity contribution in [2.45, 2.75) is 13.0 Å². The summed E-state index contributed by atoms with van der Waals surface area (Å²) in [7, 11) is 3.38. The Morgan fingerprint density at radius 1 is 1.22 bits per heavy atom. The minimum atomic E-state index is 0.369. The Hall–Kier alpha value is -1.17. The lowest BCUT2D eigenvalue weighted by atomic mass is 10.3. The molecule has 1 heterocycles. The molecule has 102 valence electrons. The Morgan fingerprint density at radius 2 is 2.00 bits per heavy atom. The van der Waals surface area contributed by atoms with E-state index in [1.54, 1.807) is 20.3 Å². The minimum Gasteiger partial charge on any atom is -0.457 e. The maximum Gasteiger partial charge on any atom is 0.185 e. The fraction of sp³-hybridized carbons (Fsp3) is 0.615. The summed E-state index contributed by atoms with van der Waals surface area (Å²) in [5, 5.41) is 0. The monoisotopic (exact) mass is 255 g/mol. The zero-order chi connectivity index (χ0) is 13.2. The van der Waals surface area contributed by atoms with Gasteiger partial charge in [0.1, 0.15) is 5.76 Å². The van der Waals surface area contributed by atoms with Crippen molar-refractivity contribution >= 4 is 6.29 Å². The summed E-state index contributed by atoms with van der Waals surface area (Å²) in [4.78, 5) is 12.8. The molecule has 5 heteroatoms. The van der Waals surface area contributed by atoms with Gasteiger partial charge in [0.15, 0.2) is 12.0 Å². The number of ether oxygens (including phenoxy) is 2. The second-order valence-electron chi connectivity index (χ2n) is 4.04. The number of carbonyl (C=O) groups excluding carboxylic acids is 1. The number of methoxy groups -OCH3 is 2. The van der Waals surface area contributed by atoms with E-state index in [0.29, 0.717) is 25.2 Å². The van der Waals surface area contributed by atoms with Gasteiger partial charge in [0, 0.05) is 33.9 Å². The SMILES string of the molecule is COCCCN(CCOC)Cc1ccc(C=O)o1. The zero-order valence-corrected chi connectivity index (χ0v) is 11.1. The predicted molar refractivity (Wildman–Crippen MR) is 67.7 cm³/mol. The van der Waals surface area contributed by atoms with Gasteiger partial charge >= 0.3 is 0 Å². The molecule has 0 unspecified atom stereocenters. The molecule has 0 aliphatic rings. The molecule has 0 radical (unpaired) electrons. The Morgan fingerprint density at radius 3 is 2.61 bits per heavy atom. The van der Waals surface area contributed by atoms with E-state index in [0.717, 1.165) is 31.9 Å². The van der Waals surface area contributed by atoms with E-state index in [4.69, 9.17) is 13.9 Å². The summed E-state index contributed by atoms with van der Waals surface area (Å²) < 4.78 is 15.5. The summed E-state index contributed by atoms with van der Waals surface area (Å²) in [6.45, 7) is 3.84. The van der Waals surface area contributed by atoms with Gasteiger partial charge in [-0.1, -0.05) is 0 Å². The maximum atomic E-state index is 10.5. The van der Waals surface area contributed by atoms with Gasteiger partial charge in [0.25, 0.3) is 0 Å². The number of hydrogen-bond donors (Lipinski definition) is 0. The van der Waals surface area contributed by atoms with E-state index < -0.39 is 0 Å². The third-order valence-electron chi connectivity index (χ3n) is 2.61. The molecule has 0 bridgehead atoms. The molecule has 0 saturated heterocycles. The highest BCUT2D eigenvalue weighted by atomic mass is 16.5. The minimum absolute atomic E-state index is 0.369. The second-order valence-corrected chi connectivity index (χ2v) is 4.04. The first-order valence-corrected chi connectivity index (χ1v) is 6.04. The number of nitrogens with zero attached hydrogens (tertiary/aromatic N) is 1. The molecule has 0 N–H and O–H groups in total. The molecule has 0 fully saturated rings. The number of furan rings is 1. The van der Waals surface area contributed by atoms with Crippen LogP contribution in [0.5, 0.6) is 0 Å². The van der Waals surface area contributed by atoms with Crippen LogP contribution in [0.3, 0.4) is 0 Å². The number of carbonyl (C=O) groups is 1. The van der Waals surface area contributed by atoms with Crippen molar-refractivity contribution in [1.82, 2.24) is 4.90 Å². The van der Waals surface area contributed by atoms with Crippen molar-refractivity contribution in [3.05, 3.63) is 23.7 Å². The Labute approximate surface area is 108 Å². The molecule has 1 rings (SSSR count). The van der Waals surface area contributed by atoms with Gasteiger partial charge in [-0.3, -0.25) is 9.69 Å². The maximum absolute atomic E-state index is 10.5. The van der Waals surface area contributed by atoms with E-state index in [-0.39, 0.29) is 0 Å². The molecule has 1 aromatic rings. The average molecular weight is 255 g/mol. The average Bonchev–Trinajstić information content (AvgIpc) is 2.83. The lowest BCUT2D eigenvalue weighted by Gasteiger charge is -2.20. The smallest absolute Gasteiger partial charge is 0.185 e. The first-order valence-electron chi connectivity index (χ1n) is 6.04. The highest BCUT2D eigenvalue weighted by molar-refractivity contribution is 5.70. The molecule has 0 aliphatic carbocycles. The molecular weight excluding hydrogens is 234 g/mol. The molecule has 5 nitrogen and oxygen atoms in total. The van der Waals surface area contributed by atoms with Crippen LogP contribution in [0, 0.1) is 0 Å². The summed E-state index contributed by atoms with van der Waals surface area (Å²) in [5.74, 6) is 1.17. The van der Waals surface area contributed by atoms with Crippen LogP contribution < -0.4 is 0 Å². The van der Waals surface area contributed by atoms with E-state index in [9.17, 15) is 4.79 Å². The normalized spacial score (nSPS) is 11.1. The van der Waals surface area contributed by atoms with Crippen molar-refractivity contribution in [1.29, 1.82) is 0 Å². The number of hydrogen-bond acceptors (Lipinski definition) is 5. The molecule has 0 atom stereocenters. The lowest BCUT2D eigenvalue weighted by molar-refractivity contribution is 0.108. The van der Waals surface area contributed by atoms with Crippen molar-refractivity contribution in [2.75, 3.05) is 40.5 Å². The van der Waals surface area contributed by atoms with Crippen LogP contribution in [0.1, 0.15) is 22.7 Å². The fourth-order valence-corrected chi connectivity index (χ4v) is 1.69. The molecular formula is C13H21NO4. The first kappa shape index (κ1) is 14.9. The lowest BCUT2D eigenvalue weighted by Crippen LogP contribution is -2.28. The van der Waals surface area contributed by atoms with Crippen LogP contribution >= 0.6 is 0 Å². The van der Waals surface area contributed by atoms with Gasteiger partial charge in [0.2, 0.25) is 0 Å². The summed E-state index contributed by atoms with van der Waals surface area (Å²) in [6.07, 6.45) is 1.68. The molecule has 18 heavy (non-hydrogen) atoms. The summed E-state index contributed by atoms with van der Waals surface area (Å²) >= 11 is 0. The van der Waals surface area contributed by atoms with Gasteiger partial charge in [-0.15, -0.1) is 0 Å². The summed E-state index contributed by atoms with van der Waals surface area (Å²) in [5.41, 5.74) is 0. The summed E-state index contributed by atoms with van der Waals surface area (Å²) in [6, 6.07) is 3.52. The van der Waals surface area contributed by atoms with Gasteiger partial charge in [-0.25, -0.2) is 0 Å². The Kier molecular flexibility index (Phi) is 7.32. The van der Waals surface area contributed by atoms with Crippen LogP contribution in [0.25, 0.3) is 0 Å². The van der Waals surface area contributed by atoms with Crippen LogP contribution in [-0.4, -0.2) is 51.7 Å². The molecule has 0 aromatic carbocycles. The van der Waals surface area contributed by atoms with Gasteiger partial charge < -0.3 is 13.9 Å². The van der Waals surface area contributed by atoms with Crippen LogP contribution in [0.2, 0.25) is 0 Å². The number of aldehydes is 1. The van der Waals surface area contributed by atoms with E-state index in [1.807, 2.05) is 6.07 Å². The highest BCUT2D eigenvalue weighted by Crippen LogP contribution is 2.09.